The minimum Gasteiger partial charge on any atom is -0.396 e. The van der Waals surface area contributed by atoms with Crippen LogP contribution in [0.25, 0.3) is 0 Å². The molecule has 0 saturated carbocycles. The molecule has 0 saturated heterocycles. The van der Waals surface area contributed by atoms with E-state index in [4.69, 9.17) is 5.11 Å². The first-order valence-electron chi connectivity index (χ1n) is 6.18. The van der Waals surface area contributed by atoms with Crippen LogP contribution in [0.1, 0.15) is 26.7 Å². The van der Waals surface area contributed by atoms with Gasteiger partial charge in [-0.15, -0.1) is 0 Å². The number of anilines is 1. The summed E-state index contributed by atoms with van der Waals surface area (Å²) in [6.07, 6.45) is 1.82. The van der Waals surface area contributed by atoms with E-state index in [9.17, 15) is 10.1 Å². The molecule has 0 aliphatic heterocycles. The zero-order valence-corrected chi connectivity index (χ0v) is 10.8. The Hall–Kier alpha value is -1.62. The Morgan fingerprint density at radius 1 is 1.39 bits per heavy atom. The lowest BCUT2D eigenvalue weighted by molar-refractivity contribution is -0.384. The van der Waals surface area contributed by atoms with Crippen molar-refractivity contribution in [1.82, 2.24) is 0 Å². The molecule has 2 atom stereocenters. The minimum atomic E-state index is -0.408. The van der Waals surface area contributed by atoms with E-state index >= 15 is 0 Å². The number of nitrogens with one attached hydrogen (secondary N) is 1. The lowest BCUT2D eigenvalue weighted by atomic mass is 10.0. The van der Waals surface area contributed by atoms with E-state index in [-0.39, 0.29) is 24.3 Å². The molecule has 1 aromatic carbocycles. The molecule has 0 fully saturated rings. The van der Waals surface area contributed by atoms with Crippen LogP contribution in [0.2, 0.25) is 0 Å². The number of nitro benzene ring substituents is 1. The predicted octanol–water partition coefficient (Wildman–Crippen LogP) is 2.80. The van der Waals surface area contributed by atoms with Gasteiger partial charge in [0.15, 0.2) is 0 Å². The molecule has 1 rings (SSSR count). The Bertz CT molecular complexity index is 378. The van der Waals surface area contributed by atoms with Crippen molar-refractivity contribution in [2.75, 3.05) is 11.9 Å². The first kappa shape index (κ1) is 14.4. The lowest BCUT2D eigenvalue weighted by Gasteiger charge is -2.21. The summed E-state index contributed by atoms with van der Waals surface area (Å²) in [5.41, 5.74) is 0.968. The molecular formula is C13H20N2O3. The number of nitrogens with zero attached hydrogens (tertiary/aromatic N) is 1. The minimum absolute atomic E-state index is 0.0947. The summed E-state index contributed by atoms with van der Waals surface area (Å²) in [5, 5.41) is 22.9. The zero-order valence-electron chi connectivity index (χ0n) is 10.8. The van der Waals surface area contributed by atoms with E-state index in [2.05, 4.69) is 12.2 Å². The van der Waals surface area contributed by atoms with Crippen molar-refractivity contribution < 1.29 is 10.0 Å². The Kier molecular flexibility index (Phi) is 5.58. The molecule has 0 aromatic heterocycles. The smallest absolute Gasteiger partial charge is 0.269 e. The molecule has 0 amide bonds. The maximum Gasteiger partial charge on any atom is 0.269 e. The van der Waals surface area contributed by atoms with Crippen molar-refractivity contribution >= 4 is 11.4 Å². The topological polar surface area (TPSA) is 75.4 Å². The second-order valence-electron chi connectivity index (χ2n) is 4.58. The van der Waals surface area contributed by atoms with Crippen LogP contribution in [0, 0.1) is 16.0 Å². The average Bonchev–Trinajstić information content (AvgIpc) is 2.38. The molecule has 0 aliphatic rings. The number of aliphatic hydroxyl groups is 1. The maximum absolute atomic E-state index is 10.5. The molecule has 5 nitrogen and oxygen atoms in total. The van der Waals surface area contributed by atoms with Gasteiger partial charge in [-0.1, -0.05) is 13.8 Å². The van der Waals surface area contributed by atoms with Gasteiger partial charge in [0.05, 0.1) is 4.92 Å². The average molecular weight is 252 g/mol. The third-order valence-corrected chi connectivity index (χ3v) is 2.94. The highest BCUT2D eigenvalue weighted by Crippen LogP contribution is 2.19. The summed E-state index contributed by atoms with van der Waals surface area (Å²) in [4.78, 5) is 10.1. The fourth-order valence-corrected chi connectivity index (χ4v) is 1.80. The van der Waals surface area contributed by atoms with Gasteiger partial charge in [0, 0.05) is 30.5 Å². The third kappa shape index (κ3) is 4.33. The van der Waals surface area contributed by atoms with Crippen LogP contribution in [0.4, 0.5) is 11.4 Å². The Labute approximate surface area is 107 Å². The number of aliphatic hydroxyl groups excluding tert-OH is 1. The first-order chi connectivity index (χ1) is 8.56. The standard InChI is InChI=1S/C13H20N2O3/c1-3-11(8-10(2)9-16)14-12-4-6-13(7-5-12)15(17)18/h4-7,10-11,14,16H,3,8-9H2,1-2H3/t10-,11+/m1/s1. The molecule has 1 aromatic rings. The van der Waals surface area contributed by atoms with Crippen molar-refractivity contribution in [2.45, 2.75) is 32.7 Å². The van der Waals surface area contributed by atoms with E-state index in [1.165, 1.54) is 12.1 Å². The van der Waals surface area contributed by atoms with Crippen molar-refractivity contribution in [1.29, 1.82) is 0 Å². The first-order valence-corrected chi connectivity index (χ1v) is 6.18. The van der Waals surface area contributed by atoms with Crippen molar-refractivity contribution in [3.05, 3.63) is 34.4 Å². The van der Waals surface area contributed by atoms with Crippen LogP contribution in [-0.4, -0.2) is 22.7 Å². The van der Waals surface area contributed by atoms with Gasteiger partial charge in [0.25, 0.3) is 5.69 Å². The van der Waals surface area contributed by atoms with E-state index in [0.29, 0.717) is 0 Å². The summed E-state index contributed by atoms with van der Waals surface area (Å²) in [6.45, 7) is 4.26. The van der Waals surface area contributed by atoms with Gasteiger partial charge in [-0.3, -0.25) is 10.1 Å². The number of rotatable bonds is 7. The van der Waals surface area contributed by atoms with Gasteiger partial charge in [0.1, 0.15) is 0 Å². The zero-order chi connectivity index (χ0) is 13.5. The molecule has 0 unspecified atom stereocenters. The van der Waals surface area contributed by atoms with E-state index in [1.54, 1.807) is 12.1 Å². The van der Waals surface area contributed by atoms with Gasteiger partial charge in [-0.25, -0.2) is 0 Å². The highest BCUT2D eigenvalue weighted by Gasteiger charge is 2.11. The number of non-ortho nitro benzene ring substituents is 1. The number of hydrogen-bond acceptors (Lipinski definition) is 4. The van der Waals surface area contributed by atoms with Crippen LogP contribution >= 0.6 is 0 Å². The summed E-state index contributed by atoms with van der Waals surface area (Å²) < 4.78 is 0. The van der Waals surface area contributed by atoms with E-state index in [0.717, 1.165) is 18.5 Å². The number of hydrogen-bond donors (Lipinski definition) is 2. The molecule has 5 heteroatoms. The van der Waals surface area contributed by atoms with Gasteiger partial charge >= 0.3 is 0 Å². The van der Waals surface area contributed by atoms with Crippen LogP contribution in [0.15, 0.2) is 24.3 Å². The molecule has 100 valence electrons. The quantitative estimate of drug-likeness (QED) is 0.578. The van der Waals surface area contributed by atoms with Gasteiger partial charge in [0.2, 0.25) is 0 Å². The maximum atomic E-state index is 10.5. The molecule has 18 heavy (non-hydrogen) atoms. The van der Waals surface area contributed by atoms with Crippen molar-refractivity contribution in [3.63, 3.8) is 0 Å². The van der Waals surface area contributed by atoms with Gasteiger partial charge < -0.3 is 10.4 Å². The third-order valence-electron chi connectivity index (χ3n) is 2.94. The van der Waals surface area contributed by atoms with Crippen molar-refractivity contribution in [2.24, 2.45) is 5.92 Å². The highest BCUT2D eigenvalue weighted by molar-refractivity contribution is 5.49. The molecule has 0 heterocycles. The van der Waals surface area contributed by atoms with E-state index < -0.39 is 4.92 Å². The SMILES string of the molecule is CC[C@@H](C[C@@H](C)CO)Nc1ccc([N+](=O)[O-])cc1. The summed E-state index contributed by atoms with van der Waals surface area (Å²) in [5.74, 6) is 0.250. The fraction of sp³-hybridized carbons (Fsp3) is 0.538. The Balaban J connectivity index is 2.61. The van der Waals surface area contributed by atoms with Crippen LogP contribution in [0.5, 0.6) is 0 Å². The molecule has 0 bridgehead atoms. The number of nitro groups is 1. The van der Waals surface area contributed by atoms with Crippen LogP contribution in [-0.2, 0) is 0 Å². The van der Waals surface area contributed by atoms with Crippen molar-refractivity contribution in [3.8, 4) is 0 Å². The second-order valence-corrected chi connectivity index (χ2v) is 4.58. The lowest BCUT2D eigenvalue weighted by Crippen LogP contribution is -2.22. The fourth-order valence-electron chi connectivity index (χ4n) is 1.80. The summed E-state index contributed by atoms with van der Waals surface area (Å²) in [7, 11) is 0. The molecule has 0 aliphatic carbocycles. The molecular weight excluding hydrogens is 232 g/mol. The molecule has 0 spiro atoms. The molecule has 0 radical (unpaired) electrons. The predicted molar refractivity (Wildman–Crippen MR) is 71.7 cm³/mol. The highest BCUT2D eigenvalue weighted by atomic mass is 16.6. The monoisotopic (exact) mass is 252 g/mol. The van der Waals surface area contributed by atoms with E-state index in [1.807, 2.05) is 6.92 Å². The normalized spacial score (nSPS) is 13.9. The summed E-state index contributed by atoms with van der Waals surface area (Å²) >= 11 is 0. The van der Waals surface area contributed by atoms with Gasteiger partial charge in [-0.2, -0.15) is 0 Å². The van der Waals surface area contributed by atoms with Crippen LogP contribution in [0.3, 0.4) is 0 Å². The van der Waals surface area contributed by atoms with Gasteiger partial charge in [-0.05, 0) is 30.9 Å². The Morgan fingerprint density at radius 2 is 2.00 bits per heavy atom. The number of benzene rings is 1. The molecule has 2 N–H and O–H groups in total. The largest absolute Gasteiger partial charge is 0.396 e. The summed E-state index contributed by atoms with van der Waals surface area (Å²) in [6, 6.07) is 6.68. The second kappa shape index (κ2) is 6.96. The Morgan fingerprint density at radius 3 is 2.44 bits per heavy atom. The van der Waals surface area contributed by atoms with Crippen LogP contribution < -0.4 is 5.32 Å².